The van der Waals surface area contributed by atoms with Crippen LogP contribution in [0.2, 0.25) is 0 Å². The second-order valence-corrected chi connectivity index (χ2v) is 5.43. The summed E-state index contributed by atoms with van der Waals surface area (Å²) in [5, 5.41) is 11.6. The molecule has 8 nitrogen and oxygen atoms in total. The predicted octanol–water partition coefficient (Wildman–Crippen LogP) is 1.38. The Morgan fingerprint density at radius 2 is 2.04 bits per heavy atom. The number of nitrogens with zero attached hydrogens (tertiary/aromatic N) is 1. The smallest absolute Gasteiger partial charge is 0.341 e. The van der Waals surface area contributed by atoms with Crippen molar-refractivity contribution in [3.05, 3.63) is 23.2 Å². The zero-order valence-electron chi connectivity index (χ0n) is 13.1. The highest BCUT2D eigenvalue weighted by Crippen LogP contribution is 2.18. The van der Waals surface area contributed by atoms with Gasteiger partial charge in [0.05, 0.1) is 19.6 Å². The number of esters is 1. The van der Waals surface area contributed by atoms with Gasteiger partial charge in [-0.15, -0.1) is 0 Å². The maximum absolute atomic E-state index is 12.1. The highest BCUT2D eigenvalue weighted by Gasteiger charge is 2.27. The summed E-state index contributed by atoms with van der Waals surface area (Å²) < 4.78 is 10.1. The van der Waals surface area contributed by atoms with Gasteiger partial charge in [-0.3, -0.25) is 4.79 Å². The summed E-state index contributed by atoms with van der Waals surface area (Å²) in [4.78, 5) is 36.0. The van der Waals surface area contributed by atoms with Gasteiger partial charge in [0, 0.05) is 13.1 Å². The minimum absolute atomic E-state index is 0.148. The van der Waals surface area contributed by atoms with E-state index in [0.29, 0.717) is 43.0 Å². The first-order chi connectivity index (χ1) is 10.9. The molecule has 1 fully saturated rings. The molecule has 0 unspecified atom stereocenters. The zero-order valence-corrected chi connectivity index (χ0v) is 13.1. The first-order valence-corrected chi connectivity index (χ1v) is 7.35. The highest BCUT2D eigenvalue weighted by molar-refractivity contribution is 5.90. The molecule has 0 spiro atoms. The molecule has 1 aliphatic rings. The van der Waals surface area contributed by atoms with Crippen LogP contribution in [-0.2, 0) is 16.1 Å². The summed E-state index contributed by atoms with van der Waals surface area (Å²) in [5.74, 6) is -0.791. The Balaban J connectivity index is 1.85. The minimum Gasteiger partial charge on any atom is -0.481 e. The summed E-state index contributed by atoms with van der Waals surface area (Å²) in [6.45, 7) is 2.62. The fourth-order valence-electron chi connectivity index (χ4n) is 2.55. The molecule has 2 rings (SSSR count). The van der Waals surface area contributed by atoms with Crippen molar-refractivity contribution in [3.8, 4) is 0 Å². The molecule has 1 aromatic rings. The summed E-state index contributed by atoms with van der Waals surface area (Å²) in [5.41, 5.74) is 0.332. The monoisotopic (exact) mass is 324 g/mol. The average molecular weight is 324 g/mol. The molecule has 2 heterocycles. The van der Waals surface area contributed by atoms with E-state index in [1.165, 1.54) is 13.2 Å². The highest BCUT2D eigenvalue weighted by atomic mass is 16.5. The van der Waals surface area contributed by atoms with E-state index in [-0.39, 0.29) is 18.5 Å². The molecule has 2 amide bonds. The molecule has 2 N–H and O–H groups in total. The Hall–Kier alpha value is -2.51. The van der Waals surface area contributed by atoms with Crippen molar-refractivity contribution in [1.82, 2.24) is 10.2 Å². The molecular formula is C15H20N2O6. The lowest BCUT2D eigenvalue weighted by molar-refractivity contribution is -0.143. The standard InChI is InChI=1S/C15H20N2O6/c1-9-12(14(20)22-2)7-11(23-9)8-16-15(21)17-5-3-10(4-6-17)13(18)19/h7,10H,3-6,8H2,1-2H3,(H,16,21)(H,18,19). The van der Waals surface area contributed by atoms with Crippen LogP contribution in [0, 0.1) is 12.8 Å². The van der Waals surface area contributed by atoms with E-state index in [1.807, 2.05) is 0 Å². The van der Waals surface area contributed by atoms with Gasteiger partial charge in [-0.2, -0.15) is 0 Å². The number of rotatable bonds is 4. The average Bonchev–Trinajstić information content (AvgIpc) is 2.92. The first kappa shape index (κ1) is 16.9. The van der Waals surface area contributed by atoms with Crippen molar-refractivity contribution in [3.63, 3.8) is 0 Å². The molecule has 0 aliphatic carbocycles. The van der Waals surface area contributed by atoms with Crippen LogP contribution in [0.15, 0.2) is 10.5 Å². The van der Waals surface area contributed by atoms with Gasteiger partial charge in [-0.05, 0) is 25.8 Å². The zero-order chi connectivity index (χ0) is 17.0. The van der Waals surface area contributed by atoms with Crippen LogP contribution in [0.4, 0.5) is 4.79 Å². The number of likely N-dealkylation sites (tertiary alicyclic amines) is 1. The largest absolute Gasteiger partial charge is 0.481 e. The summed E-state index contributed by atoms with van der Waals surface area (Å²) in [6, 6.07) is 1.26. The van der Waals surface area contributed by atoms with Crippen molar-refractivity contribution >= 4 is 18.0 Å². The van der Waals surface area contributed by atoms with Crippen LogP contribution in [0.3, 0.4) is 0 Å². The van der Waals surface area contributed by atoms with Gasteiger partial charge in [0.2, 0.25) is 0 Å². The molecule has 0 radical (unpaired) electrons. The number of furan rings is 1. The van der Waals surface area contributed by atoms with E-state index < -0.39 is 11.9 Å². The number of hydrogen-bond acceptors (Lipinski definition) is 5. The van der Waals surface area contributed by atoms with Gasteiger partial charge in [-0.1, -0.05) is 0 Å². The molecule has 0 aromatic carbocycles. The van der Waals surface area contributed by atoms with Crippen molar-refractivity contribution in [2.75, 3.05) is 20.2 Å². The molecule has 1 aromatic heterocycles. The number of carbonyl (C=O) groups is 3. The Labute approximate surface area is 133 Å². The van der Waals surface area contributed by atoms with Crippen molar-refractivity contribution in [2.45, 2.75) is 26.3 Å². The summed E-state index contributed by atoms with van der Waals surface area (Å²) in [6.07, 6.45) is 0.907. The quantitative estimate of drug-likeness (QED) is 0.810. The van der Waals surface area contributed by atoms with Crippen LogP contribution in [0.1, 0.15) is 34.7 Å². The number of carboxylic acids is 1. The molecular weight excluding hydrogens is 304 g/mol. The Bertz CT molecular complexity index is 601. The third-order valence-electron chi connectivity index (χ3n) is 3.92. The number of carbonyl (C=O) groups excluding carboxylic acids is 2. The third kappa shape index (κ3) is 4.02. The number of urea groups is 1. The number of carboxylic acid groups (broad SMARTS) is 1. The Morgan fingerprint density at radius 3 is 2.61 bits per heavy atom. The number of ether oxygens (including phenoxy) is 1. The van der Waals surface area contributed by atoms with E-state index in [9.17, 15) is 14.4 Å². The normalized spacial score (nSPS) is 15.3. The van der Waals surface area contributed by atoms with Gasteiger partial charge in [-0.25, -0.2) is 9.59 Å². The number of methoxy groups -OCH3 is 1. The van der Waals surface area contributed by atoms with Gasteiger partial charge >= 0.3 is 18.0 Å². The Kier molecular flexibility index (Phi) is 5.25. The lowest BCUT2D eigenvalue weighted by atomic mass is 9.97. The topological polar surface area (TPSA) is 109 Å². The van der Waals surface area contributed by atoms with Crippen LogP contribution in [-0.4, -0.2) is 48.2 Å². The maximum atomic E-state index is 12.1. The van der Waals surface area contributed by atoms with Gasteiger partial charge in [0.1, 0.15) is 17.1 Å². The van der Waals surface area contributed by atoms with Crippen molar-refractivity contribution < 1.29 is 28.6 Å². The fraction of sp³-hybridized carbons (Fsp3) is 0.533. The van der Waals surface area contributed by atoms with E-state index in [2.05, 4.69) is 10.1 Å². The summed E-state index contributed by atoms with van der Waals surface area (Å²) >= 11 is 0. The predicted molar refractivity (Wildman–Crippen MR) is 79.0 cm³/mol. The molecule has 1 aliphatic heterocycles. The van der Waals surface area contributed by atoms with Crippen LogP contribution < -0.4 is 5.32 Å². The van der Waals surface area contributed by atoms with E-state index in [0.717, 1.165) is 0 Å². The molecule has 0 atom stereocenters. The Morgan fingerprint density at radius 1 is 1.39 bits per heavy atom. The minimum atomic E-state index is -0.813. The lowest BCUT2D eigenvalue weighted by Gasteiger charge is -2.30. The van der Waals surface area contributed by atoms with E-state index >= 15 is 0 Å². The van der Waals surface area contributed by atoms with Gasteiger partial charge in [0.15, 0.2) is 0 Å². The van der Waals surface area contributed by atoms with Crippen LogP contribution in [0.5, 0.6) is 0 Å². The SMILES string of the molecule is COC(=O)c1cc(CNC(=O)N2CCC(C(=O)O)CC2)oc1C. The number of nitrogens with one attached hydrogen (secondary N) is 1. The molecule has 126 valence electrons. The maximum Gasteiger partial charge on any atom is 0.341 e. The molecule has 8 heteroatoms. The number of aliphatic carboxylic acids is 1. The van der Waals surface area contributed by atoms with E-state index in [1.54, 1.807) is 11.8 Å². The second kappa shape index (κ2) is 7.17. The third-order valence-corrected chi connectivity index (χ3v) is 3.92. The van der Waals surface area contributed by atoms with Crippen LogP contribution >= 0.6 is 0 Å². The number of amides is 2. The summed E-state index contributed by atoms with van der Waals surface area (Å²) in [7, 11) is 1.29. The molecule has 23 heavy (non-hydrogen) atoms. The van der Waals surface area contributed by atoms with Gasteiger partial charge in [0.25, 0.3) is 0 Å². The first-order valence-electron chi connectivity index (χ1n) is 7.35. The molecule has 1 saturated heterocycles. The molecule has 0 saturated carbocycles. The van der Waals surface area contributed by atoms with Crippen LogP contribution in [0.25, 0.3) is 0 Å². The second-order valence-electron chi connectivity index (χ2n) is 5.43. The number of aryl methyl sites for hydroxylation is 1. The van der Waals surface area contributed by atoms with Crippen molar-refractivity contribution in [1.29, 1.82) is 0 Å². The van der Waals surface area contributed by atoms with E-state index in [4.69, 9.17) is 9.52 Å². The lowest BCUT2D eigenvalue weighted by Crippen LogP contribution is -2.45. The van der Waals surface area contributed by atoms with Crippen molar-refractivity contribution in [2.24, 2.45) is 5.92 Å². The molecule has 0 bridgehead atoms. The fourth-order valence-corrected chi connectivity index (χ4v) is 2.55. The number of piperidine rings is 1. The van der Waals surface area contributed by atoms with Gasteiger partial charge < -0.3 is 24.5 Å². The number of hydrogen-bond donors (Lipinski definition) is 2.